The Morgan fingerprint density at radius 2 is 1.48 bits per heavy atom. The third-order valence-corrected chi connectivity index (χ3v) is 6.26. The van der Waals surface area contributed by atoms with Crippen LogP contribution in [0, 0.1) is 29.2 Å². The minimum Gasteiger partial charge on any atom is -0.338 e. The summed E-state index contributed by atoms with van der Waals surface area (Å²) >= 11 is 0. The van der Waals surface area contributed by atoms with E-state index in [2.05, 4.69) is 0 Å². The van der Waals surface area contributed by atoms with Gasteiger partial charge in [-0.15, -0.1) is 0 Å². The second-order valence-corrected chi connectivity index (χ2v) is 9.33. The fraction of sp³-hybridized carbons (Fsp3) is 0.316. The van der Waals surface area contributed by atoms with Gasteiger partial charge in [-0.2, -0.15) is 0 Å². The summed E-state index contributed by atoms with van der Waals surface area (Å²) < 4.78 is 78.9. The summed E-state index contributed by atoms with van der Waals surface area (Å²) in [6.07, 6.45) is 1.86. The van der Waals surface area contributed by atoms with Gasteiger partial charge in [-0.3, -0.25) is 4.79 Å². The fourth-order valence-corrected chi connectivity index (χ4v) is 4.47. The van der Waals surface area contributed by atoms with E-state index in [9.17, 15) is 30.8 Å². The molecule has 2 aromatic carbocycles. The Bertz CT molecular complexity index is 1010. The number of likely N-dealkylation sites (tertiary alicyclic amines) is 1. The molecule has 0 radical (unpaired) electrons. The number of carbonyl (C=O) groups is 1. The van der Waals surface area contributed by atoms with Crippen molar-refractivity contribution in [1.82, 2.24) is 4.90 Å². The lowest BCUT2D eigenvalue weighted by Gasteiger charge is -2.32. The molecule has 0 aliphatic carbocycles. The van der Waals surface area contributed by atoms with Crippen LogP contribution in [-0.4, -0.2) is 32.3 Å². The molecule has 0 spiro atoms. The van der Waals surface area contributed by atoms with Crippen molar-refractivity contribution >= 4 is 25.6 Å². The highest BCUT2D eigenvalue weighted by Gasteiger charge is 2.36. The molecule has 29 heavy (non-hydrogen) atoms. The maximum absolute atomic E-state index is 14.3. The number of hydrogen-bond acceptors (Lipinski definition) is 3. The lowest BCUT2D eigenvalue weighted by Crippen LogP contribution is -2.40. The van der Waals surface area contributed by atoms with Gasteiger partial charge >= 0.3 is 0 Å². The lowest BCUT2D eigenvalue weighted by molar-refractivity contribution is 0.0677. The Balaban J connectivity index is 1.80. The molecular formula is C19H16ClF4NO3S. The van der Waals surface area contributed by atoms with Crippen molar-refractivity contribution in [2.75, 3.05) is 13.1 Å². The average molecular weight is 450 g/mol. The molecule has 0 saturated carbocycles. The Morgan fingerprint density at radius 3 is 1.97 bits per heavy atom. The minimum atomic E-state index is -5.10. The van der Waals surface area contributed by atoms with Crippen LogP contribution in [0.4, 0.5) is 17.6 Å². The highest BCUT2D eigenvalue weighted by atomic mass is 35.7. The SMILES string of the molecule is O=C(c1c(F)c(F)c(S(=O)(=O)Cl)c(F)c1F)N1CCC(Cc2ccccc2)CC1. The van der Waals surface area contributed by atoms with Crippen molar-refractivity contribution in [1.29, 1.82) is 0 Å². The Labute approximate surface area is 169 Å². The van der Waals surface area contributed by atoms with Gasteiger partial charge in [-0.1, -0.05) is 30.3 Å². The first-order valence-electron chi connectivity index (χ1n) is 8.75. The van der Waals surface area contributed by atoms with Gasteiger partial charge in [0.25, 0.3) is 15.0 Å². The summed E-state index contributed by atoms with van der Waals surface area (Å²) in [5.74, 6) is -9.61. The molecule has 10 heteroatoms. The number of piperidine rings is 1. The zero-order valence-corrected chi connectivity index (χ0v) is 16.5. The van der Waals surface area contributed by atoms with Crippen LogP contribution in [0.1, 0.15) is 28.8 Å². The van der Waals surface area contributed by atoms with Crippen LogP contribution < -0.4 is 0 Å². The summed E-state index contributed by atoms with van der Waals surface area (Å²) in [4.78, 5) is 11.6. The minimum absolute atomic E-state index is 0.147. The summed E-state index contributed by atoms with van der Waals surface area (Å²) in [7, 11) is -0.256. The molecular weight excluding hydrogens is 434 g/mol. The molecule has 0 N–H and O–H groups in total. The van der Waals surface area contributed by atoms with Crippen molar-refractivity contribution in [3.8, 4) is 0 Å². The van der Waals surface area contributed by atoms with Crippen molar-refractivity contribution < 1.29 is 30.8 Å². The number of benzene rings is 2. The van der Waals surface area contributed by atoms with Gasteiger partial charge in [-0.05, 0) is 30.7 Å². The smallest absolute Gasteiger partial charge is 0.267 e. The quantitative estimate of drug-likeness (QED) is 0.398. The molecule has 1 fully saturated rings. The first-order chi connectivity index (χ1) is 13.6. The summed E-state index contributed by atoms with van der Waals surface area (Å²) in [5, 5.41) is 0. The normalized spacial score (nSPS) is 15.6. The topological polar surface area (TPSA) is 54.5 Å². The van der Waals surface area contributed by atoms with Crippen LogP contribution >= 0.6 is 10.7 Å². The number of amides is 1. The van der Waals surface area contributed by atoms with Crippen molar-refractivity contribution in [2.45, 2.75) is 24.2 Å². The molecule has 1 amide bonds. The third kappa shape index (κ3) is 4.40. The van der Waals surface area contributed by atoms with E-state index in [0.717, 1.165) is 16.9 Å². The maximum atomic E-state index is 14.3. The number of carbonyl (C=O) groups excluding carboxylic acids is 1. The van der Waals surface area contributed by atoms with Crippen molar-refractivity contribution in [3.05, 3.63) is 64.7 Å². The monoisotopic (exact) mass is 449 g/mol. The van der Waals surface area contributed by atoms with Gasteiger partial charge in [-0.25, -0.2) is 26.0 Å². The second kappa shape index (κ2) is 8.31. The number of rotatable bonds is 4. The van der Waals surface area contributed by atoms with E-state index in [1.54, 1.807) is 0 Å². The Hall–Kier alpha value is -2.13. The maximum Gasteiger partial charge on any atom is 0.267 e. The molecule has 0 aromatic heterocycles. The van der Waals surface area contributed by atoms with E-state index in [-0.39, 0.29) is 19.0 Å². The van der Waals surface area contributed by atoms with E-state index >= 15 is 0 Å². The molecule has 1 heterocycles. The molecule has 0 atom stereocenters. The highest BCUT2D eigenvalue weighted by Crippen LogP contribution is 2.31. The molecule has 1 aliphatic rings. The second-order valence-electron chi connectivity index (χ2n) is 6.82. The summed E-state index contributed by atoms with van der Waals surface area (Å²) in [6.45, 7) is 0.294. The van der Waals surface area contributed by atoms with E-state index in [4.69, 9.17) is 10.7 Å². The predicted octanol–water partition coefficient (Wildman–Crippen LogP) is 4.27. The number of nitrogens with zero attached hydrogens (tertiary/aromatic N) is 1. The Kier molecular flexibility index (Phi) is 6.19. The largest absolute Gasteiger partial charge is 0.338 e. The van der Waals surface area contributed by atoms with Crippen molar-refractivity contribution in [2.24, 2.45) is 5.92 Å². The third-order valence-electron chi connectivity index (χ3n) is 4.95. The molecule has 0 unspecified atom stereocenters. The van der Waals surface area contributed by atoms with E-state index in [1.807, 2.05) is 30.3 Å². The van der Waals surface area contributed by atoms with E-state index in [1.165, 1.54) is 0 Å². The lowest BCUT2D eigenvalue weighted by atomic mass is 9.90. The van der Waals surface area contributed by atoms with Gasteiger partial charge in [0.15, 0.2) is 28.2 Å². The van der Waals surface area contributed by atoms with Crippen LogP contribution in [0.3, 0.4) is 0 Å². The van der Waals surface area contributed by atoms with Crippen LogP contribution in [0.15, 0.2) is 35.2 Å². The standard InChI is InChI=1S/C19H16ClF4NO3S/c20-29(27,28)18-16(23)14(21)13(15(22)17(18)24)19(26)25-8-6-12(7-9-25)10-11-4-2-1-3-5-11/h1-5,12H,6-10H2. The fourth-order valence-electron chi connectivity index (χ4n) is 3.46. The molecule has 3 rings (SSSR count). The first-order valence-corrected chi connectivity index (χ1v) is 11.1. The predicted molar refractivity (Wildman–Crippen MR) is 98.1 cm³/mol. The summed E-state index contributed by atoms with van der Waals surface area (Å²) in [6, 6.07) is 9.66. The van der Waals surface area contributed by atoms with Gasteiger partial charge in [0, 0.05) is 23.8 Å². The average Bonchev–Trinajstić information content (AvgIpc) is 2.67. The summed E-state index contributed by atoms with van der Waals surface area (Å²) in [5.41, 5.74) is -0.345. The molecule has 0 bridgehead atoms. The van der Waals surface area contributed by atoms with E-state index < -0.39 is 48.7 Å². The first kappa shape index (κ1) is 21.6. The van der Waals surface area contributed by atoms with Crippen LogP contribution in [-0.2, 0) is 15.5 Å². The van der Waals surface area contributed by atoms with Gasteiger partial charge < -0.3 is 4.90 Å². The highest BCUT2D eigenvalue weighted by molar-refractivity contribution is 8.13. The zero-order valence-electron chi connectivity index (χ0n) is 15.0. The Morgan fingerprint density at radius 1 is 0.966 bits per heavy atom. The van der Waals surface area contributed by atoms with Crippen molar-refractivity contribution in [3.63, 3.8) is 0 Å². The molecule has 4 nitrogen and oxygen atoms in total. The van der Waals surface area contributed by atoms with E-state index in [0.29, 0.717) is 12.8 Å². The number of halogens is 5. The van der Waals surface area contributed by atoms with Gasteiger partial charge in [0.1, 0.15) is 5.56 Å². The van der Waals surface area contributed by atoms with Gasteiger partial charge in [0.2, 0.25) is 0 Å². The molecule has 1 saturated heterocycles. The molecule has 2 aromatic rings. The molecule has 156 valence electrons. The van der Waals surface area contributed by atoms with Crippen LogP contribution in [0.25, 0.3) is 0 Å². The van der Waals surface area contributed by atoms with Gasteiger partial charge in [0.05, 0.1) is 0 Å². The molecule has 1 aliphatic heterocycles. The zero-order chi connectivity index (χ0) is 21.3. The van der Waals surface area contributed by atoms with Crippen LogP contribution in [0.2, 0.25) is 0 Å². The van der Waals surface area contributed by atoms with Crippen LogP contribution in [0.5, 0.6) is 0 Å². The number of hydrogen-bond donors (Lipinski definition) is 0.